The quantitative estimate of drug-likeness (QED) is 0.835. The maximum Gasteiger partial charge on any atom is 0.162 e. The lowest BCUT2D eigenvalue weighted by Crippen LogP contribution is -1.95. The summed E-state index contributed by atoms with van der Waals surface area (Å²) < 4.78 is 44.0. The van der Waals surface area contributed by atoms with E-state index in [1.54, 1.807) is 0 Å². The van der Waals surface area contributed by atoms with Gasteiger partial charge in [0.2, 0.25) is 0 Å². The van der Waals surface area contributed by atoms with Crippen molar-refractivity contribution >= 4 is 17.3 Å². The summed E-state index contributed by atoms with van der Waals surface area (Å²) in [6, 6.07) is 5.07. The van der Waals surface area contributed by atoms with E-state index >= 15 is 0 Å². The molecule has 18 heavy (non-hydrogen) atoms. The largest absolute Gasteiger partial charge is 0.455 e. The van der Waals surface area contributed by atoms with Crippen molar-refractivity contribution in [1.29, 1.82) is 0 Å². The molecule has 0 bridgehead atoms. The molecule has 6 heteroatoms. The molecule has 94 valence electrons. The minimum atomic E-state index is -1.07. The lowest BCUT2D eigenvalue weighted by atomic mass is 10.3. The first-order valence-electron chi connectivity index (χ1n) is 4.85. The number of anilines is 1. The van der Waals surface area contributed by atoms with Gasteiger partial charge < -0.3 is 10.5 Å². The van der Waals surface area contributed by atoms with E-state index in [9.17, 15) is 13.2 Å². The van der Waals surface area contributed by atoms with Crippen molar-refractivity contribution < 1.29 is 17.9 Å². The predicted molar refractivity (Wildman–Crippen MR) is 62.3 cm³/mol. The van der Waals surface area contributed by atoms with Crippen molar-refractivity contribution in [1.82, 2.24) is 0 Å². The molecule has 0 amide bonds. The number of hydrogen-bond donors (Lipinski definition) is 1. The second kappa shape index (κ2) is 4.78. The van der Waals surface area contributed by atoms with Crippen LogP contribution in [-0.2, 0) is 0 Å². The van der Waals surface area contributed by atoms with Crippen molar-refractivity contribution in [3.63, 3.8) is 0 Å². The molecule has 2 aromatic rings. The number of rotatable bonds is 2. The summed E-state index contributed by atoms with van der Waals surface area (Å²) in [7, 11) is 0. The van der Waals surface area contributed by atoms with Gasteiger partial charge in [-0.25, -0.2) is 13.2 Å². The van der Waals surface area contributed by atoms with E-state index < -0.39 is 17.5 Å². The summed E-state index contributed by atoms with van der Waals surface area (Å²) >= 11 is 5.51. The van der Waals surface area contributed by atoms with Crippen LogP contribution in [0.2, 0.25) is 5.02 Å². The van der Waals surface area contributed by atoms with Crippen molar-refractivity contribution in [2.45, 2.75) is 0 Å². The fourth-order valence-electron chi connectivity index (χ4n) is 1.30. The van der Waals surface area contributed by atoms with Crippen molar-refractivity contribution in [2.75, 3.05) is 5.73 Å². The molecule has 0 fully saturated rings. The number of ether oxygens (including phenoxy) is 1. The van der Waals surface area contributed by atoms with Gasteiger partial charge in [0.15, 0.2) is 17.4 Å². The van der Waals surface area contributed by atoms with E-state index in [2.05, 4.69) is 0 Å². The Morgan fingerprint density at radius 2 is 1.67 bits per heavy atom. The predicted octanol–water partition coefficient (Wildman–Crippen LogP) is 4.13. The molecule has 0 heterocycles. The minimum Gasteiger partial charge on any atom is -0.455 e. The highest BCUT2D eigenvalue weighted by atomic mass is 35.5. The average molecular weight is 274 g/mol. The molecule has 2 rings (SSSR count). The number of halogens is 4. The summed E-state index contributed by atoms with van der Waals surface area (Å²) in [5.74, 6) is -2.81. The topological polar surface area (TPSA) is 35.2 Å². The van der Waals surface area contributed by atoms with E-state index in [0.29, 0.717) is 0 Å². The summed E-state index contributed by atoms with van der Waals surface area (Å²) in [6.07, 6.45) is 0. The summed E-state index contributed by atoms with van der Waals surface area (Å²) in [6.45, 7) is 0. The molecule has 2 nitrogen and oxygen atoms in total. The second-order valence-electron chi connectivity index (χ2n) is 3.48. The third-order valence-electron chi connectivity index (χ3n) is 2.17. The first-order chi connectivity index (χ1) is 8.47. The van der Waals surface area contributed by atoms with Crippen LogP contribution in [0, 0.1) is 17.5 Å². The fourth-order valence-corrected chi connectivity index (χ4v) is 1.47. The van der Waals surface area contributed by atoms with Crippen LogP contribution in [0.15, 0.2) is 30.3 Å². The van der Waals surface area contributed by atoms with Crippen LogP contribution in [0.3, 0.4) is 0 Å². The first kappa shape index (κ1) is 12.6. The van der Waals surface area contributed by atoms with E-state index in [0.717, 1.165) is 18.2 Å². The van der Waals surface area contributed by atoms with Crippen LogP contribution < -0.4 is 10.5 Å². The van der Waals surface area contributed by atoms with Gasteiger partial charge in [0.25, 0.3) is 0 Å². The van der Waals surface area contributed by atoms with E-state index in [-0.39, 0.29) is 22.2 Å². The SMILES string of the molecule is Nc1cc(Cl)c(F)cc1Oc1ccc(F)c(F)c1. The maximum atomic E-state index is 13.2. The Labute approximate surface area is 106 Å². The zero-order valence-corrected chi connectivity index (χ0v) is 9.64. The average Bonchev–Trinajstić information content (AvgIpc) is 2.31. The number of nitrogens with two attached hydrogens (primary N) is 1. The Balaban J connectivity index is 2.34. The zero-order valence-electron chi connectivity index (χ0n) is 8.88. The zero-order chi connectivity index (χ0) is 13.3. The van der Waals surface area contributed by atoms with E-state index in [4.69, 9.17) is 22.1 Å². The number of nitrogen functional groups attached to an aromatic ring is 1. The molecule has 0 saturated heterocycles. The smallest absolute Gasteiger partial charge is 0.162 e. The molecular formula is C12H7ClF3NO. The van der Waals surface area contributed by atoms with Gasteiger partial charge in [0.1, 0.15) is 11.6 Å². The molecule has 2 aromatic carbocycles. The number of hydrogen-bond acceptors (Lipinski definition) is 2. The normalized spacial score (nSPS) is 10.4. The summed E-state index contributed by atoms with van der Waals surface area (Å²) in [4.78, 5) is 0. The summed E-state index contributed by atoms with van der Waals surface area (Å²) in [5, 5.41) is -0.148. The van der Waals surface area contributed by atoms with Crippen LogP contribution in [-0.4, -0.2) is 0 Å². The highest BCUT2D eigenvalue weighted by Gasteiger charge is 2.10. The Morgan fingerprint density at radius 1 is 0.944 bits per heavy atom. The molecule has 0 unspecified atom stereocenters. The molecule has 0 radical (unpaired) electrons. The molecule has 0 atom stereocenters. The maximum absolute atomic E-state index is 13.2. The molecule has 0 aliphatic rings. The van der Waals surface area contributed by atoms with Crippen LogP contribution in [0.5, 0.6) is 11.5 Å². The molecule has 0 spiro atoms. The van der Waals surface area contributed by atoms with Crippen LogP contribution in [0.4, 0.5) is 18.9 Å². The Morgan fingerprint density at radius 3 is 2.33 bits per heavy atom. The fraction of sp³-hybridized carbons (Fsp3) is 0. The molecule has 0 aromatic heterocycles. The van der Waals surface area contributed by atoms with Gasteiger partial charge in [0, 0.05) is 12.1 Å². The Kier molecular flexibility index (Phi) is 3.34. The van der Waals surface area contributed by atoms with Gasteiger partial charge in [-0.1, -0.05) is 11.6 Å². The van der Waals surface area contributed by atoms with Gasteiger partial charge >= 0.3 is 0 Å². The van der Waals surface area contributed by atoms with Gasteiger partial charge in [-0.05, 0) is 18.2 Å². The van der Waals surface area contributed by atoms with Crippen molar-refractivity contribution in [2.24, 2.45) is 0 Å². The van der Waals surface area contributed by atoms with Gasteiger partial charge in [0.05, 0.1) is 10.7 Å². The van der Waals surface area contributed by atoms with E-state index in [1.165, 1.54) is 12.1 Å². The second-order valence-corrected chi connectivity index (χ2v) is 3.89. The third kappa shape index (κ3) is 2.51. The molecule has 2 N–H and O–H groups in total. The highest BCUT2D eigenvalue weighted by Crippen LogP contribution is 2.32. The van der Waals surface area contributed by atoms with Crippen molar-refractivity contribution in [3.05, 3.63) is 52.8 Å². The lowest BCUT2D eigenvalue weighted by molar-refractivity contribution is 0.460. The standard InChI is InChI=1S/C12H7ClF3NO/c13-7-4-11(17)12(5-9(7)15)18-6-1-2-8(14)10(16)3-6/h1-5H,17H2. The minimum absolute atomic E-state index is 0.00215. The van der Waals surface area contributed by atoms with Gasteiger partial charge in [-0.2, -0.15) is 0 Å². The van der Waals surface area contributed by atoms with E-state index in [1.807, 2.05) is 0 Å². The first-order valence-corrected chi connectivity index (χ1v) is 5.22. The monoisotopic (exact) mass is 273 g/mol. The highest BCUT2D eigenvalue weighted by molar-refractivity contribution is 6.31. The molecule has 0 aliphatic heterocycles. The Hall–Kier alpha value is -1.88. The molecule has 0 saturated carbocycles. The Bertz CT molecular complexity index is 604. The summed E-state index contributed by atoms with van der Waals surface area (Å²) in [5.41, 5.74) is 5.65. The van der Waals surface area contributed by atoms with Crippen molar-refractivity contribution in [3.8, 4) is 11.5 Å². The van der Waals surface area contributed by atoms with Gasteiger partial charge in [-0.15, -0.1) is 0 Å². The third-order valence-corrected chi connectivity index (χ3v) is 2.46. The van der Waals surface area contributed by atoms with Crippen LogP contribution in [0.25, 0.3) is 0 Å². The lowest BCUT2D eigenvalue weighted by Gasteiger charge is -2.09. The number of benzene rings is 2. The van der Waals surface area contributed by atoms with Crippen LogP contribution in [0.1, 0.15) is 0 Å². The van der Waals surface area contributed by atoms with Crippen LogP contribution >= 0.6 is 11.6 Å². The van der Waals surface area contributed by atoms with Gasteiger partial charge in [-0.3, -0.25) is 0 Å². The molecular weight excluding hydrogens is 267 g/mol. The molecule has 0 aliphatic carbocycles.